The molecule has 0 saturated carbocycles. The highest BCUT2D eigenvalue weighted by atomic mass is 19.1. The first-order chi connectivity index (χ1) is 10.6. The summed E-state index contributed by atoms with van der Waals surface area (Å²) in [5.74, 6) is -3.47. The van der Waals surface area contributed by atoms with Crippen LogP contribution in [0.3, 0.4) is 0 Å². The van der Waals surface area contributed by atoms with Crippen molar-refractivity contribution in [3.8, 4) is 0 Å². The highest BCUT2D eigenvalue weighted by molar-refractivity contribution is 5.94. The number of hydrogen-bond acceptors (Lipinski definition) is 2. The molecule has 1 unspecified atom stereocenters. The molecule has 2 saturated heterocycles. The second-order valence-electron chi connectivity index (χ2n) is 6.08. The predicted molar refractivity (Wildman–Crippen MR) is 76.0 cm³/mol. The third-order valence-electron chi connectivity index (χ3n) is 4.72. The molecule has 3 nitrogen and oxygen atoms in total. The molecule has 0 radical (unpaired) electrons. The van der Waals surface area contributed by atoms with E-state index in [-0.39, 0.29) is 0 Å². The van der Waals surface area contributed by atoms with Crippen LogP contribution in [0, 0.1) is 23.4 Å². The van der Waals surface area contributed by atoms with E-state index in [1.165, 1.54) is 11.3 Å². The molecule has 0 spiro atoms. The number of hydrogen-bond donors (Lipinski definition) is 1. The number of nitrogens with one attached hydrogen (secondary N) is 1. The van der Waals surface area contributed by atoms with Crippen LogP contribution in [0.5, 0.6) is 0 Å². The summed E-state index contributed by atoms with van der Waals surface area (Å²) in [6.45, 7) is 2.01. The molecular weight excluding hydrogens is 293 g/mol. The van der Waals surface area contributed by atoms with Crippen molar-refractivity contribution in [2.45, 2.75) is 31.7 Å². The van der Waals surface area contributed by atoms with E-state index >= 15 is 0 Å². The standard InChI is InChI=1S/C16H19F3N2O/c17-11-8-12(18)15(13(19)9-11)16(22)21-6-3-10(4-7-21)14-2-1-5-20-14/h8-10,14,20H,1-7H2. The van der Waals surface area contributed by atoms with E-state index in [1.807, 2.05) is 0 Å². The second-order valence-corrected chi connectivity index (χ2v) is 6.08. The number of benzene rings is 1. The van der Waals surface area contributed by atoms with Crippen molar-refractivity contribution in [2.75, 3.05) is 19.6 Å². The van der Waals surface area contributed by atoms with Crippen LogP contribution in [0.2, 0.25) is 0 Å². The summed E-state index contributed by atoms with van der Waals surface area (Å²) < 4.78 is 40.3. The third kappa shape index (κ3) is 2.97. The van der Waals surface area contributed by atoms with Gasteiger partial charge in [-0.05, 0) is 38.1 Å². The Morgan fingerprint density at radius 1 is 1.09 bits per heavy atom. The number of rotatable bonds is 2. The van der Waals surface area contributed by atoms with Gasteiger partial charge in [-0.3, -0.25) is 4.79 Å². The molecule has 3 rings (SSSR count). The molecule has 1 aromatic carbocycles. The van der Waals surface area contributed by atoms with Gasteiger partial charge in [0, 0.05) is 31.3 Å². The van der Waals surface area contributed by atoms with E-state index in [2.05, 4.69) is 5.32 Å². The molecule has 22 heavy (non-hydrogen) atoms. The fourth-order valence-corrected chi connectivity index (χ4v) is 3.52. The maximum absolute atomic E-state index is 13.7. The van der Waals surface area contributed by atoms with Crippen molar-refractivity contribution >= 4 is 5.91 Å². The largest absolute Gasteiger partial charge is 0.338 e. The summed E-state index contributed by atoms with van der Waals surface area (Å²) in [6, 6.07) is 1.59. The van der Waals surface area contributed by atoms with Crippen molar-refractivity contribution in [1.82, 2.24) is 10.2 Å². The van der Waals surface area contributed by atoms with E-state index in [1.54, 1.807) is 0 Å². The smallest absolute Gasteiger partial charge is 0.259 e. The van der Waals surface area contributed by atoms with Gasteiger partial charge in [0.1, 0.15) is 23.0 Å². The average Bonchev–Trinajstić information content (AvgIpc) is 3.00. The summed E-state index contributed by atoms with van der Waals surface area (Å²) in [7, 11) is 0. The van der Waals surface area contributed by atoms with Crippen LogP contribution in [0.4, 0.5) is 13.2 Å². The van der Waals surface area contributed by atoms with Crippen LogP contribution in [0.15, 0.2) is 12.1 Å². The molecule has 0 aromatic heterocycles. The van der Waals surface area contributed by atoms with Gasteiger partial charge in [0.25, 0.3) is 5.91 Å². The molecule has 0 aliphatic carbocycles. The lowest BCUT2D eigenvalue weighted by Crippen LogP contribution is -2.43. The Bertz CT molecular complexity index is 542. The van der Waals surface area contributed by atoms with Gasteiger partial charge in [-0.1, -0.05) is 0 Å². The van der Waals surface area contributed by atoms with Crippen molar-refractivity contribution in [3.05, 3.63) is 35.1 Å². The molecule has 2 heterocycles. The Hall–Kier alpha value is -1.56. The Morgan fingerprint density at radius 3 is 2.27 bits per heavy atom. The molecule has 0 bridgehead atoms. The van der Waals surface area contributed by atoms with E-state index in [9.17, 15) is 18.0 Å². The van der Waals surface area contributed by atoms with Gasteiger partial charge in [-0.15, -0.1) is 0 Å². The number of halogens is 3. The van der Waals surface area contributed by atoms with Gasteiger partial charge in [-0.25, -0.2) is 13.2 Å². The first kappa shape index (κ1) is 15.3. The summed E-state index contributed by atoms with van der Waals surface area (Å²) in [6.07, 6.45) is 3.98. The van der Waals surface area contributed by atoms with Crippen LogP contribution < -0.4 is 5.32 Å². The number of nitrogens with zero attached hydrogens (tertiary/aromatic N) is 1. The van der Waals surface area contributed by atoms with Crippen LogP contribution in [-0.2, 0) is 0 Å². The second kappa shape index (κ2) is 6.28. The number of carbonyl (C=O) groups is 1. The Kier molecular flexibility index (Phi) is 4.38. The lowest BCUT2D eigenvalue weighted by Gasteiger charge is -2.35. The molecule has 1 amide bonds. The molecule has 6 heteroatoms. The number of carbonyl (C=O) groups excluding carboxylic acids is 1. The summed E-state index contributed by atoms with van der Waals surface area (Å²) in [5.41, 5.74) is -0.654. The first-order valence-electron chi connectivity index (χ1n) is 7.73. The minimum absolute atomic E-state index is 0.484. The SMILES string of the molecule is O=C(c1c(F)cc(F)cc1F)N1CCC(C2CCCN2)CC1. The van der Waals surface area contributed by atoms with Crippen molar-refractivity contribution in [1.29, 1.82) is 0 Å². The summed E-state index contributed by atoms with van der Waals surface area (Å²) in [5, 5.41) is 3.46. The Balaban J connectivity index is 1.67. The monoisotopic (exact) mass is 312 g/mol. The van der Waals surface area contributed by atoms with Crippen LogP contribution in [-0.4, -0.2) is 36.5 Å². The quantitative estimate of drug-likeness (QED) is 0.911. The van der Waals surface area contributed by atoms with Gasteiger partial charge >= 0.3 is 0 Å². The maximum Gasteiger partial charge on any atom is 0.259 e. The average molecular weight is 312 g/mol. The normalized spacial score (nSPS) is 23.0. The van der Waals surface area contributed by atoms with Crippen molar-refractivity contribution in [3.63, 3.8) is 0 Å². The molecule has 1 aromatic rings. The zero-order valence-corrected chi connectivity index (χ0v) is 12.2. The van der Waals surface area contributed by atoms with E-state index in [0.29, 0.717) is 37.2 Å². The highest BCUT2D eigenvalue weighted by Gasteiger charge is 2.32. The third-order valence-corrected chi connectivity index (χ3v) is 4.72. The number of likely N-dealkylation sites (tertiary alicyclic amines) is 1. The van der Waals surface area contributed by atoms with E-state index in [0.717, 1.165) is 25.8 Å². The topological polar surface area (TPSA) is 32.3 Å². The van der Waals surface area contributed by atoms with Crippen LogP contribution >= 0.6 is 0 Å². The zero-order valence-electron chi connectivity index (χ0n) is 12.2. The minimum atomic E-state index is -1.14. The van der Waals surface area contributed by atoms with Gasteiger partial charge in [0.2, 0.25) is 0 Å². The molecule has 1 N–H and O–H groups in total. The molecule has 120 valence electrons. The number of piperidine rings is 1. The first-order valence-corrected chi connectivity index (χ1v) is 7.73. The fourth-order valence-electron chi connectivity index (χ4n) is 3.52. The Morgan fingerprint density at radius 2 is 1.73 bits per heavy atom. The lowest BCUT2D eigenvalue weighted by molar-refractivity contribution is 0.0664. The lowest BCUT2D eigenvalue weighted by atomic mass is 9.88. The summed E-state index contributed by atoms with van der Waals surface area (Å²) >= 11 is 0. The van der Waals surface area contributed by atoms with Crippen molar-refractivity contribution in [2.24, 2.45) is 5.92 Å². The van der Waals surface area contributed by atoms with Crippen LogP contribution in [0.25, 0.3) is 0 Å². The maximum atomic E-state index is 13.7. The van der Waals surface area contributed by atoms with E-state index < -0.39 is 28.9 Å². The predicted octanol–water partition coefficient (Wildman–Crippen LogP) is 2.71. The van der Waals surface area contributed by atoms with Gasteiger partial charge in [-0.2, -0.15) is 0 Å². The molecule has 2 aliphatic heterocycles. The minimum Gasteiger partial charge on any atom is -0.338 e. The Labute approximate surface area is 127 Å². The van der Waals surface area contributed by atoms with Gasteiger partial charge in [0.15, 0.2) is 0 Å². The molecular formula is C16H19F3N2O. The molecule has 1 atom stereocenters. The van der Waals surface area contributed by atoms with E-state index in [4.69, 9.17) is 0 Å². The fraction of sp³-hybridized carbons (Fsp3) is 0.562. The number of amides is 1. The summed E-state index contributed by atoms with van der Waals surface area (Å²) in [4.78, 5) is 13.8. The van der Waals surface area contributed by atoms with Gasteiger partial charge < -0.3 is 10.2 Å². The van der Waals surface area contributed by atoms with Gasteiger partial charge in [0.05, 0.1) is 0 Å². The highest BCUT2D eigenvalue weighted by Crippen LogP contribution is 2.27. The van der Waals surface area contributed by atoms with Crippen LogP contribution in [0.1, 0.15) is 36.0 Å². The molecule has 2 fully saturated rings. The molecule has 2 aliphatic rings. The van der Waals surface area contributed by atoms with Crippen molar-refractivity contribution < 1.29 is 18.0 Å². The zero-order chi connectivity index (χ0) is 15.7.